The summed E-state index contributed by atoms with van der Waals surface area (Å²) in [6.07, 6.45) is 0. The van der Waals surface area contributed by atoms with Crippen LogP contribution in [0.1, 0.15) is 12.5 Å². The Hall–Kier alpha value is -1.71. The quantitative estimate of drug-likeness (QED) is 0.732. The number of hydrogen-bond acceptors (Lipinski definition) is 2. The van der Waals surface area contributed by atoms with E-state index in [1.807, 2.05) is 0 Å². The van der Waals surface area contributed by atoms with E-state index in [-0.39, 0.29) is 12.4 Å². The SMILES string of the molecule is CC(=O)C(=O)NCc1cccc(F)c1. The molecule has 1 N–H and O–H groups in total. The molecule has 0 aliphatic rings. The van der Waals surface area contributed by atoms with Gasteiger partial charge < -0.3 is 5.32 Å². The number of benzene rings is 1. The molecule has 0 atom stereocenters. The van der Waals surface area contributed by atoms with Crippen LogP contribution in [0.3, 0.4) is 0 Å². The van der Waals surface area contributed by atoms with Crippen LogP contribution in [0.25, 0.3) is 0 Å². The third-order valence-electron chi connectivity index (χ3n) is 1.66. The van der Waals surface area contributed by atoms with E-state index in [4.69, 9.17) is 0 Å². The van der Waals surface area contributed by atoms with Gasteiger partial charge in [-0.05, 0) is 17.7 Å². The van der Waals surface area contributed by atoms with Gasteiger partial charge in [-0.1, -0.05) is 12.1 Å². The molecule has 0 bridgehead atoms. The average Bonchev–Trinajstić information content (AvgIpc) is 2.14. The summed E-state index contributed by atoms with van der Waals surface area (Å²) in [5.41, 5.74) is 0.625. The summed E-state index contributed by atoms with van der Waals surface area (Å²) in [6, 6.07) is 5.84. The molecule has 0 radical (unpaired) electrons. The van der Waals surface area contributed by atoms with E-state index in [1.165, 1.54) is 19.1 Å². The first kappa shape index (κ1) is 10.4. The minimum Gasteiger partial charge on any atom is -0.345 e. The van der Waals surface area contributed by atoms with Crippen LogP contribution < -0.4 is 5.32 Å². The molecule has 0 aromatic heterocycles. The van der Waals surface area contributed by atoms with Crippen LogP contribution in [0.4, 0.5) is 4.39 Å². The zero-order valence-electron chi connectivity index (χ0n) is 7.71. The Kier molecular flexibility index (Phi) is 3.34. The van der Waals surface area contributed by atoms with Crippen molar-refractivity contribution < 1.29 is 14.0 Å². The molecule has 1 aromatic rings. The normalized spacial score (nSPS) is 9.57. The smallest absolute Gasteiger partial charge is 0.287 e. The molecule has 0 aliphatic carbocycles. The van der Waals surface area contributed by atoms with Crippen LogP contribution in [0.5, 0.6) is 0 Å². The number of carbonyl (C=O) groups excluding carboxylic acids is 2. The molecule has 4 heteroatoms. The highest BCUT2D eigenvalue weighted by molar-refractivity contribution is 6.35. The number of ketones is 1. The van der Waals surface area contributed by atoms with Crippen LogP contribution in [-0.4, -0.2) is 11.7 Å². The molecule has 1 amide bonds. The molecule has 0 saturated carbocycles. The summed E-state index contributed by atoms with van der Waals surface area (Å²) in [5, 5.41) is 2.37. The van der Waals surface area contributed by atoms with Crippen molar-refractivity contribution in [3.05, 3.63) is 35.6 Å². The highest BCUT2D eigenvalue weighted by Crippen LogP contribution is 2.02. The van der Waals surface area contributed by atoms with Gasteiger partial charge in [-0.15, -0.1) is 0 Å². The van der Waals surface area contributed by atoms with Gasteiger partial charge in [0, 0.05) is 13.5 Å². The van der Waals surface area contributed by atoms with Crippen molar-refractivity contribution in [3.63, 3.8) is 0 Å². The number of amides is 1. The summed E-state index contributed by atoms with van der Waals surface area (Å²) in [5.74, 6) is -1.57. The first-order valence-corrected chi connectivity index (χ1v) is 4.13. The lowest BCUT2D eigenvalue weighted by Crippen LogP contribution is -2.28. The molecule has 0 unspecified atom stereocenters. The van der Waals surface area contributed by atoms with Crippen LogP contribution in [0.15, 0.2) is 24.3 Å². The van der Waals surface area contributed by atoms with Crippen LogP contribution >= 0.6 is 0 Å². The van der Waals surface area contributed by atoms with Gasteiger partial charge in [0.25, 0.3) is 5.91 Å². The largest absolute Gasteiger partial charge is 0.345 e. The third-order valence-corrected chi connectivity index (χ3v) is 1.66. The highest BCUT2D eigenvalue weighted by atomic mass is 19.1. The lowest BCUT2D eigenvalue weighted by Gasteiger charge is -2.02. The maximum Gasteiger partial charge on any atom is 0.287 e. The molecule has 3 nitrogen and oxygen atoms in total. The summed E-state index contributed by atoms with van der Waals surface area (Å²) in [7, 11) is 0. The van der Waals surface area contributed by atoms with E-state index in [2.05, 4.69) is 5.32 Å². The number of Topliss-reactive ketones (excluding diaryl/α,β-unsaturated/α-hetero) is 1. The van der Waals surface area contributed by atoms with Crippen molar-refractivity contribution in [2.75, 3.05) is 0 Å². The van der Waals surface area contributed by atoms with Crippen molar-refractivity contribution in [2.24, 2.45) is 0 Å². The lowest BCUT2D eigenvalue weighted by atomic mass is 10.2. The summed E-state index contributed by atoms with van der Waals surface area (Å²) >= 11 is 0. The Morgan fingerprint density at radius 1 is 1.43 bits per heavy atom. The number of rotatable bonds is 3. The molecule has 0 aliphatic heterocycles. The van der Waals surface area contributed by atoms with E-state index >= 15 is 0 Å². The van der Waals surface area contributed by atoms with Crippen LogP contribution in [0, 0.1) is 5.82 Å². The molecule has 0 saturated heterocycles. The van der Waals surface area contributed by atoms with Crippen molar-refractivity contribution in [2.45, 2.75) is 13.5 Å². The molecule has 1 rings (SSSR count). The average molecular weight is 195 g/mol. The van der Waals surface area contributed by atoms with Gasteiger partial charge in [-0.25, -0.2) is 4.39 Å². The van der Waals surface area contributed by atoms with Crippen LogP contribution in [0.2, 0.25) is 0 Å². The van der Waals surface area contributed by atoms with E-state index in [0.717, 1.165) is 0 Å². The molecule has 74 valence electrons. The summed E-state index contributed by atoms with van der Waals surface area (Å²) in [6.45, 7) is 1.34. The Morgan fingerprint density at radius 3 is 2.71 bits per heavy atom. The Bertz CT molecular complexity index is 363. The standard InChI is InChI=1S/C10H10FNO2/c1-7(13)10(14)12-6-8-3-2-4-9(11)5-8/h2-5H,6H2,1H3,(H,12,14). The van der Waals surface area contributed by atoms with E-state index < -0.39 is 11.7 Å². The number of hydrogen-bond donors (Lipinski definition) is 1. The number of nitrogens with one attached hydrogen (secondary N) is 1. The van der Waals surface area contributed by atoms with Gasteiger partial charge in [0.05, 0.1) is 0 Å². The zero-order chi connectivity index (χ0) is 10.6. The second-order valence-corrected chi connectivity index (χ2v) is 2.87. The number of carbonyl (C=O) groups is 2. The van der Waals surface area contributed by atoms with Gasteiger partial charge in [0.15, 0.2) is 0 Å². The van der Waals surface area contributed by atoms with E-state index in [1.54, 1.807) is 12.1 Å². The molecule has 0 spiro atoms. The fourth-order valence-electron chi connectivity index (χ4n) is 0.954. The second-order valence-electron chi connectivity index (χ2n) is 2.87. The van der Waals surface area contributed by atoms with Crippen LogP contribution in [-0.2, 0) is 16.1 Å². The lowest BCUT2D eigenvalue weighted by molar-refractivity contribution is -0.136. The van der Waals surface area contributed by atoms with Gasteiger partial charge in [-0.3, -0.25) is 9.59 Å². The Morgan fingerprint density at radius 2 is 2.14 bits per heavy atom. The van der Waals surface area contributed by atoms with Gasteiger partial charge in [-0.2, -0.15) is 0 Å². The predicted octanol–water partition coefficient (Wildman–Crippen LogP) is 1.03. The van der Waals surface area contributed by atoms with Gasteiger partial charge in [0.2, 0.25) is 5.78 Å². The number of halogens is 1. The maximum absolute atomic E-state index is 12.7. The highest BCUT2D eigenvalue weighted by Gasteiger charge is 2.05. The Balaban J connectivity index is 2.54. The molecular weight excluding hydrogens is 185 g/mol. The zero-order valence-corrected chi connectivity index (χ0v) is 7.71. The topological polar surface area (TPSA) is 46.2 Å². The summed E-state index contributed by atoms with van der Waals surface area (Å²) < 4.78 is 12.7. The summed E-state index contributed by atoms with van der Waals surface area (Å²) in [4.78, 5) is 21.4. The fraction of sp³-hybridized carbons (Fsp3) is 0.200. The first-order valence-electron chi connectivity index (χ1n) is 4.13. The maximum atomic E-state index is 12.7. The van der Waals surface area contributed by atoms with Gasteiger partial charge in [0.1, 0.15) is 5.82 Å². The first-order chi connectivity index (χ1) is 6.59. The van der Waals surface area contributed by atoms with E-state index in [0.29, 0.717) is 5.56 Å². The van der Waals surface area contributed by atoms with Crippen molar-refractivity contribution in [3.8, 4) is 0 Å². The third kappa shape index (κ3) is 2.97. The predicted molar refractivity (Wildman–Crippen MR) is 48.9 cm³/mol. The van der Waals surface area contributed by atoms with Crippen molar-refractivity contribution in [1.29, 1.82) is 0 Å². The Labute approximate surface area is 80.9 Å². The molecule has 0 fully saturated rings. The monoisotopic (exact) mass is 195 g/mol. The fourth-order valence-corrected chi connectivity index (χ4v) is 0.954. The van der Waals surface area contributed by atoms with Crippen molar-refractivity contribution in [1.82, 2.24) is 5.32 Å². The van der Waals surface area contributed by atoms with E-state index in [9.17, 15) is 14.0 Å². The van der Waals surface area contributed by atoms with Gasteiger partial charge >= 0.3 is 0 Å². The second kappa shape index (κ2) is 4.50. The molecule has 14 heavy (non-hydrogen) atoms. The molecule has 0 heterocycles. The minimum atomic E-state index is -0.658. The molecular formula is C10H10FNO2. The van der Waals surface area contributed by atoms with Crippen molar-refractivity contribution >= 4 is 11.7 Å². The minimum absolute atomic E-state index is 0.163. The molecule has 1 aromatic carbocycles.